The smallest absolute Gasteiger partial charge is 0.172 e. The summed E-state index contributed by atoms with van der Waals surface area (Å²) in [6, 6.07) is 16.3. The Kier molecular flexibility index (Phi) is 6.43. The molecule has 3 aromatic rings. The van der Waals surface area contributed by atoms with Crippen molar-refractivity contribution >= 4 is 23.0 Å². The van der Waals surface area contributed by atoms with Crippen LogP contribution >= 0.6 is 0 Å². The van der Waals surface area contributed by atoms with Crippen LogP contribution in [0.2, 0.25) is 0 Å². The van der Waals surface area contributed by atoms with Gasteiger partial charge in [-0.3, -0.25) is 4.99 Å². The summed E-state index contributed by atoms with van der Waals surface area (Å²) in [5.41, 5.74) is 11.7. The van der Waals surface area contributed by atoms with Crippen LogP contribution in [0.25, 0.3) is 11.3 Å². The monoisotopic (exact) mass is 415 g/mol. The van der Waals surface area contributed by atoms with E-state index in [1.54, 1.807) is 7.05 Å². The van der Waals surface area contributed by atoms with Crippen LogP contribution in [-0.4, -0.2) is 48.9 Å². The highest BCUT2D eigenvalue weighted by Crippen LogP contribution is 2.28. The van der Waals surface area contributed by atoms with Crippen molar-refractivity contribution in [3.8, 4) is 11.3 Å². The second-order valence-electron chi connectivity index (χ2n) is 7.61. The van der Waals surface area contributed by atoms with E-state index in [1.807, 2.05) is 49.5 Å². The summed E-state index contributed by atoms with van der Waals surface area (Å²) >= 11 is 0. The fourth-order valence-corrected chi connectivity index (χ4v) is 3.67. The predicted octanol–water partition coefficient (Wildman–Crippen LogP) is 3.19. The summed E-state index contributed by atoms with van der Waals surface area (Å²) in [6.07, 6.45) is 1.83. The van der Waals surface area contributed by atoms with Gasteiger partial charge < -0.3 is 21.3 Å². The second kappa shape index (κ2) is 9.57. The van der Waals surface area contributed by atoms with E-state index < -0.39 is 0 Å². The Labute approximate surface area is 183 Å². The average Bonchev–Trinajstić information content (AvgIpc) is 2.83. The zero-order valence-electron chi connectivity index (χ0n) is 18.1. The third-order valence-electron chi connectivity index (χ3n) is 5.55. The van der Waals surface area contributed by atoms with E-state index >= 15 is 0 Å². The fraction of sp³-hybridized carbons (Fsp3) is 0.292. The SMILES string of the molecule is C/N=C(/C)c1cc(-c2cnc(NCc3ccccc3)c(N3CCNCC3)n2)ccc1N. The van der Waals surface area contributed by atoms with Crippen LogP contribution in [0.1, 0.15) is 18.1 Å². The highest BCUT2D eigenvalue weighted by Gasteiger charge is 2.18. The lowest BCUT2D eigenvalue weighted by atomic mass is 10.0. The van der Waals surface area contributed by atoms with Crippen LogP contribution in [0.4, 0.5) is 17.3 Å². The minimum atomic E-state index is 0.701. The fourth-order valence-electron chi connectivity index (χ4n) is 3.67. The molecule has 1 fully saturated rings. The van der Waals surface area contributed by atoms with Crippen LogP contribution in [-0.2, 0) is 6.54 Å². The number of nitrogens with one attached hydrogen (secondary N) is 2. The largest absolute Gasteiger partial charge is 0.398 e. The standard InChI is InChI=1S/C24H29N7/c1-17(26-2)20-14-19(8-9-21(20)25)22-16-29-23(28-15-18-6-4-3-5-7-18)24(30-22)31-12-10-27-11-13-31/h3-9,14,16,27H,10-13,15,25H2,1-2H3,(H,28,29)/b26-17-. The van der Waals surface area contributed by atoms with Crippen molar-refractivity contribution < 1.29 is 0 Å². The lowest BCUT2D eigenvalue weighted by Gasteiger charge is -2.30. The normalized spacial score (nSPS) is 14.5. The molecular weight excluding hydrogens is 386 g/mol. The molecule has 0 atom stereocenters. The predicted molar refractivity (Wildman–Crippen MR) is 129 cm³/mol. The number of nitrogens with two attached hydrogens (primary N) is 1. The van der Waals surface area contributed by atoms with Crippen LogP contribution < -0.4 is 21.3 Å². The Morgan fingerprint density at radius 1 is 1.16 bits per heavy atom. The number of aromatic nitrogens is 2. The second-order valence-corrected chi connectivity index (χ2v) is 7.61. The van der Waals surface area contributed by atoms with Crippen molar-refractivity contribution in [2.24, 2.45) is 4.99 Å². The first kappa shape index (κ1) is 20.8. The Morgan fingerprint density at radius 3 is 2.68 bits per heavy atom. The van der Waals surface area contributed by atoms with Gasteiger partial charge in [0, 0.05) is 62.3 Å². The zero-order valence-corrected chi connectivity index (χ0v) is 18.1. The highest BCUT2D eigenvalue weighted by molar-refractivity contribution is 6.04. The molecule has 1 aromatic heterocycles. The lowest BCUT2D eigenvalue weighted by Crippen LogP contribution is -2.44. The van der Waals surface area contributed by atoms with Gasteiger partial charge in [0.2, 0.25) is 0 Å². The van der Waals surface area contributed by atoms with Gasteiger partial charge in [-0.25, -0.2) is 9.97 Å². The van der Waals surface area contributed by atoms with Gasteiger partial charge in [0.05, 0.1) is 11.9 Å². The minimum absolute atomic E-state index is 0.701. The number of aliphatic imine (C=N–C) groups is 1. The molecule has 31 heavy (non-hydrogen) atoms. The maximum absolute atomic E-state index is 6.17. The number of hydrogen-bond donors (Lipinski definition) is 3. The van der Waals surface area contributed by atoms with Crippen molar-refractivity contribution in [1.82, 2.24) is 15.3 Å². The molecule has 0 aliphatic carbocycles. The molecule has 160 valence electrons. The molecule has 7 nitrogen and oxygen atoms in total. The molecule has 0 radical (unpaired) electrons. The summed E-state index contributed by atoms with van der Waals surface area (Å²) in [5.74, 6) is 1.69. The summed E-state index contributed by atoms with van der Waals surface area (Å²) in [6.45, 7) is 6.32. The third-order valence-corrected chi connectivity index (χ3v) is 5.55. The molecule has 0 spiro atoms. The highest BCUT2D eigenvalue weighted by atomic mass is 15.3. The molecule has 4 N–H and O–H groups in total. The maximum atomic E-state index is 6.17. The van der Waals surface area contributed by atoms with Gasteiger partial charge in [-0.2, -0.15) is 0 Å². The molecule has 0 unspecified atom stereocenters. The van der Waals surface area contributed by atoms with E-state index in [9.17, 15) is 0 Å². The Morgan fingerprint density at radius 2 is 1.94 bits per heavy atom. The van der Waals surface area contributed by atoms with Gasteiger partial charge in [-0.15, -0.1) is 0 Å². The molecule has 0 amide bonds. The van der Waals surface area contributed by atoms with Gasteiger partial charge in [0.25, 0.3) is 0 Å². The van der Waals surface area contributed by atoms with Crippen LogP contribution in [0, 0.1) is 0 Å². The lowest BCUT2D eigenvalue weighted by molar-refractivity contribution is 0.585. The van der Waals surface area contributed by atoms with E-state index in [0.29, 0.717) is 12.2 Å². The van der Waals surface area contributed by atoms with Gasteiger partial charge in [0.15, 0.2) is 11.6 Å². The summed E-state index contributed by atoms with van der Waals surface area (Å²) in [7, 11) is 1.77. The van der Waals surface area contributed by atoms with Crippen molar-refractivity contribution in [2.45, 2.75) is 13.5 Å². The number of nitrogens with zero attached hydrogens (tertiary/aromatic N) is 4. The van der Waals surface area contributed by atoms with Crippen LogP contribution in [0.5, 0.6) is 0 Å². The third kappa shape index (κ3) is 4.83. The van der Waals surface area contributed by atoms with E-state index in [2.05, 4.69) is 32.7 Å². The zero-order chi connectivity index (χ0) is 21.6. The molecule has 0 bridgehead atoms. The number of rotatable bonds is 6. The summed E-state index contributed by atoms with van der Waals surface area (Å²) < 4.78 is 0. The molecule has 0 saturated carbocycles. The maximum Gasteiger partial charge on any atom is 0.172 e. The van der Waals surface area contributed by atoms with Crippen molar-refractivity contribution in [2.75, 3.05) is 49.2 Å². The van der Waals surface area contributed by atoms with Gasteiger partial charge >= 0.3 is 0 Å². The Balaban J connectivity index is 1.68. The van der Waals surface area contributed by atoms with E-state index in [0.717, 1.165) is 60.3 Å². The minimum Gasteiger partial charge on any atom is -0.398 e. The molecule has 1 aliphatic heterocycles. The van der Waals surface area contributed by atoms with E-state index in [1.165, 1.54) is 5.56 Å². The molecule has 2 aromatic carbocycles. The number of nitrogen functional groups attached to an aromatic ring is 1. The molecule has 1 aliphatic rings. The quantitative estimate of drug-likeness (QED) is 0.423. The Bertz CT molecular complexity index is 1060. The first-order valence-corrected chi connectivity index (χ1v) is 10.6. The topological polar surface area (TPSA) is 91.5 Å². The molecule has 4 rings (SSSR count). The average molecular weight is 416 g/mol. The Hall–Kier alpha value is -3.45. The van der Waals surface area contributed by atoms with Crippen molar-refractivity contribution in [3.63, 3.8) is 0 Å². The molecule has 1 saturated heterocycles. The molecular formula is C24H29N7. The first-order valence-electron chi connectivity index (χ1n) is 10.6. The van der Waals surface area contributed by atoms with Gasteiger partial charge in [-0.1, -0.05) is 36.4 Å². The van der Waals surface area contributed by atoms with Gasteiger partial charge in [0.1, 0.15) is 0 Å². The van der Waals surface area contributed by atoms with E-state index in [4.69, 9.17) is 15.7 Å². The summed E-state index contributed by atoms with van der Waals surface area (Å²) in [4.78, 5) is 16.4. The van der Waals surface area contributed by atoms with Crippen LogP contribution in [0.3, 0.4) is 0 Å². The van der Waals surface area contributed by atoms with Crippen LogP contribution in [0.15, 0.2) is 59.7 Å². The number of benzene rings is 2. The molecule has 7 heteroatoms. The van der Waals surface area contributed by atoms with E-state index in [-0.39, 0.29) is 0 Å². The number of anilines is 3. The van der Waals surface area contributed by atoms with Gasteiger partial charge in [-0.05, 0) is 24.6 Å². The van der Waals surface area contributed by atoms with Crippen molar-refractivity contribution in [1.29, 1.82) is 0 Å². The summed E-state index contributed by atoms with van der Waals surface area (Å²) in [5, 5.41) is 6.88. The number of piperazine rings is 1. The van der Waals surface area contributed by atoms with Crippen molar-refractivity contribution in [3.05, 3.63) is 65.9 Å². The molecule has 2 heterocycles. The number of hydrogen-bond acceptors (Lipinski definition) is 7. The first-order chi connectivity index (χ1) is 15.2.